The average Bonchev–Trinajstić information content (AvgIpc) is 3.49. The number of hydrogen-bond donors (Lipinski definition) is 1. The molecule has 0 spiro atoms. The van der Waals surface area contributed by atoms with E-state index < -0.39 is 0 Å². The van der Waals surface area contributed by atoms with E-state index in [1.165, 1.54) is 0 Å². The van der Waals surface area contributed by atoms with E-state index in [-0.39, 0.29) is 5.91 Å². The third-order valence-corrected chi connectivity index (χ3v) is 5.73. The third-order valence-electron chi connectivity index (χ3n) is 4.87. The summed E-state index contributed by atoms with van der Waals surface area (Å²) in [5.41, 5.74) is 0.879. The summed E-state index contributed by atoms with van der Waals surface area (Å²) in [5, 5.41) is 5.98. The zero-order chi connectivity index (χ0) is 21.6. The summed E-state index contributed by atoms with van der Waals surface area (Å²) in [5.74, 6) is 2.78. The van der Waals surface area contributed by atoms with Gasteiger partial charge in [-0.25, -0.2) is 9.97 Å². The molecule has 0 saturated carbocycles. The minimum atomic E-state index is 0.0370. The van der Waals surface area contributed by atoms with Crippen molar-refractivity contribution in [2.24, 2.45) is 5.92 Å². The summed E-state index contributed by atoms with van der Waals surface area (Å²) in [6, 6.07) is 15.8. The molecule has 0 fully saturated rings. The van der Waals surface area contributed by atoms with Crippen LogP contribution in [0.4, 0.5) is 5.82 Å². The van der Waals surface area contributed by atoms with Gasteiger partial charge in [0, 0.05) is 24.9 Å². The van der Waals surface area contributed by atoms with E-state index in [0.717, 1.165) is 27.4 Å². The Labute approximate surface area is 185 Å². The topological polar surface area (TPSA) is 71.3 Å². The van der Waals surface area contributed by atoms with Crippen LogP contribution in [0.3, 0.4) is 0 Å². The number of benzene rings is 1. The minimum absolute atomic E-state index is 0.0370. The molecule has 1 aromatic carbocycles. The van der Waals surface area contributed by atoms with Gasteiger partial charge in [-0.05, 0) is 41.6 Å². The molecule has 0 atom stereocenters. The number of amides is 1. The van der Waals surface area contributed by atoms with Gasteiger partial charge < -0.3 is 14.6 Å². The maximum absolute atomic E-state index is 12.4. The van der Waals surface area contributed by atoms with Crippen LogP contribution < -0.4 is 10.2 Å². The van der Waals surface area contributed by atoms with Gasteiger partial charge in [0.15, 0.2) is 5.82 Å². The van der Waals surface area contributed by atoms with E-state index in [9.17, 15) is 4.79 Å². The van der Waals surface area contributed by atoms with E-state index >= 15 is 0 Å². The van der Waals surface area contributed by atoms with Gasteiger partial charge in [-0.1, -0.05) is 32.0 Å². The van der Waals surface area contributed by atoms with Gasteiger partial charge in [0.25, 0.3) is 0 Å². The van der Waals surface area contributed by atoms with Crippen LogP contribution in [0.15, 0.2) is 64.6 Å². The monoisotopic (exact) mass is 434 g/mol. The molecule has 160 valence electrons. The lowest BCUT2D eigenvalue weighted by Gasteiger charge is -2.24. The summed E-state index contributed by atoms with van der Waals surface area (Å²) in [6.07, 6.45) is 2.04. The molecule has 31 heavy (non-hydrogen) atoms. The second-order valence-electron chi connectivity index (χ2n) is 7.81. The van der Waals surface area contributed by atoms with E-state index in [2.05, 4.69) is 24.1 Å². The first kappa shape index (κ1) is 21.1. The number of anilines is 1. The van der Waals surface area contributed by atoms with E-state index in [4.69, 9.17) is 14.4 Å². The van der Waals surface area contributed by atoms with Gasteiger partial charge in [0.1, 0.15) is 11.6 Å². The van der Waals surface area contributed by atoms with Crippen LogP contribution in [0.2, 0.25) is 0 Å². The molecule has 0 saturated heterocycles. The molecular weight excluding hydrogens is 408 g/mol. The Morgan fingerprint density at radius 2 is 2.00 bits per heavy atom. The fourth-order valence-electron chi connectivity index (χ4n) is 3.31. The predicted octanol–water partition coefficient (Wildman–Crippen LogP) is 5.12. The lowest BCUT2D eigenvalue weighted by Crippen LogP contribution is -2.33. The molecule has 0 aliphatic rings. The number of fused-ring (bicyclic) bond motifs is 1. The Morgan fingerprint density at radius 1 is 1.13 bits per heavy atom. The lowest BCUT2D eigenvalue weighted by molar-refractivity contribution is -0.121. The molecule has 4 aromatic rings. The first-order chi connectivity index (χ1) is 15.1. The van der Waals surface area contributed by atoms with E-state index in [0.29, 0.717) is 37.8 Å². The number of para-hydroxylation sites is 1. The number of carbonyl (C=O) groups excluding carboxylic acids is 1. The molecule has 3 heterocycles. The molecule has 4 rings (SSSR count). The maximum Gasteiger partial charge on any atom is 0.221 e. The van der Waals surface area contributed by atoms with Crippen LogP contribution in [0.25, 0.3) is 21.6 Å². The molecule has 3 aromatic heterocycles. The summed E-state index contributed by atoms with van der Waals surface area (Å²) in [7, 11) is 0. The van der Waals surface area contributed by atoms with Crippen molar-refractivity contribution in [3.8, 4) is 10.7 Å². The van der Waals surface area contributed by atoms with Crippen LogP contribution in [0.1, 0.15) is 26.0 Å². The second-order valence-corrected chi connectivity index (χ2v) is 8.76. The smallest absolute Gasteiger partial charge is 0.221 e. The van der Waals surface area contributed by atoms with Gasteiger partial charge in [-0.15, -0.1) is 11.3 Å². The van der Waals surface area contributed by atoms with Crippen molar-refractivity contribution in [3.63, 3.8) is 0 Å². The molecule has 1 N–H and O–H groups in total. The van der Waals surface area contributed by atoms with Gasteiger partial charge in [0.2, 0.25) is 5.91 Å². The fourth-order valence-corrected chi connectivity index (χ4v) is 3.97. The highest BCUT2D eigenvalue weighted by molar-refractivity contribution is 7.13. The predicted molar refractivity (Wildman–Crippen MR) is 125 cm³/mol. The number of furan rings is 1. The first-order valence-electron chi connectivity index (χ1n) is 10.4. The second kappa shape index (κ2) is 9.75. The van der Waals surface area contributed by atoms with E-state index in [1.807, 2.05) is 53.9 Å². The van der Waals surface area contributed by atoms with Gasteiger partial charge in [0.05, 0.1) is 23.2 Å². The van der Waals surface area contributed by atoms with Crippen molar-refractivity contribution in [3.05, 3.63) is 65.9 Å². The minimum Gasteiger partial charge on any atom is -0.467 e. The molecule has 6 nitrogen and oxygen atoms in total. The third kappa shape index (κ3) is 5.30. The highest BCUT2D eigenvalue weighted by Gasteiger charge is 2.18. The average molecular weight is 435 g/mol. The van der Waals surface area contributed by atoms with Crippen molar-refractivity contribution >= 4 is 34.0 Å². The zero-order valence-corrected chi connectivity index (χ0v) is 18.6. The van der Waals surface area contributed by atoms with Crippen molar-refractivity contribution in [2.45, 2.75) is 26.8 Å². The van der Waals surface area contributed by atoms with Crippen molar-refractivity contribution in [2.75, 3.05) is 18.0 Å². The standard InChI is InChI=1S/C24H26N4O2S/c1-17(2)15-25-22(29)11-12-28(16-18-7-5-13-30-18)24-19-8-3-4-9-20(19)26-23(27-24)21-10-6-14-31-21/h3-10,13-14,17H,11-12,15-16H2,1-2H3,(H,25,29). The Bertz CT molecular complexity index is 1120. The largest absolute Gasteiger partial charge is 0.467 e. The van der Waals surface area contributed by atoms with Crippen LogP contribution in [0.5, 0.6) is 0 Å². The highest BCUT2D eigenvalue weighted by Crippen LogP contribution is 2.30. The number of nitrogens with zero attached hydrogens (tertiary/aromatic N) is 3. The molecule has 1 amide bonds. The molecule has 0 radical (unpaired) electrons. The Kier molecular flexibility index (Phi) is 6.62. The zero-order valence-electron chi connectivity index (χ0n) is 17.7. The quantitative estimate of drug-likeness (QED) is 0.396. The summed E-state index contributed by atoms with van der Waals surface area (Å²) < 4.78 is 5.60. The molecule has 0 aliphatic carbocycles. The lowest BCUT2D eigenvalue weighted by atomic mass is 10.2. The van der Waals surface area contributed by atoms with Crippen LogP contribution in [0, 0.1) is 5.92 Å². The Morgan fingerprint density at radius 3 is 2.74 bits per heavy atom. The normalized spacial score (nSPS) is 11.2. The SMILES string of the molecule is CC(C)CNC(=O)CCN(Cc1ccco1)c1nc(-c2cccs2)nc2ccccc12. The highest BCUT2D eigenvalue weighted by atomic mass is 32.1. The molecule has 0 aliphatic heterocycles. The van der Waals surface area contributed by atoms with Crippen molar-refractivity contribution in [1.29, 1.82) is 0 Å². The first-order valence-corrected chi connectivity index (χ1v) is 11.3. The number of aromatic nitrogens is 2. The van der Waals surface area contributed by atoms with Gasteiger partial charge >= 0.3 is 0 Å². The number of nitrogens with one attached hydrogen (secondary N) is 1. The molecule has 0 bridgehead atoms. The summed E-state index contributed by atoms with van der Waals surface area (Å²) in [6.45, 7) is 5.89. The van der Waals surface area contributed by atoms with Crippen molar-refractivity contribution in [1.82, 2.24) is 15.3 Å². The van der Waals surface area contributed by atoms with Crippen LogP contribution >= 0.6 is 11.3 Å². The Balaban J connectivity index is 1.68. The fraction of sp³-hybridized carbons (Fsp3) is 0.292. The maximum atomic E-state index is 12.4. The number of rotatable bonds is 9. The van der Waals surface area contributed by atoms with Gasteiger partial charge in [-0.3, -0.25) is 4.79 Å². The van der Waals surface area contributed by atoms with Crippen LogP contribution in [-0.4, -0.2) is 29.0 Å². The number of thiophene rings is 1. The molecule has 7 heteroatoms. The Hall–Kier alpha value is -3.19. The van der Waals surface area contributed by atoms with Crippen LogP contribution in [-0.2, 0) is 11.3 Å². The van der Waals surface area contributed by atoms with E-state index in [1.54, 1.807) is 17.6 Å². The van der Waals surface area contributed by atoms with Gasteiger partial charge in [-0.2, -0.15) is 0 Å². The summed E-state index contributed by atoms with van der Waals surface area (Å²) >= 11 is 1.61. The number of carbonyl (C=O) groups is 1. The molecular formula is C24H26N4O2S. The molecule has 0 unspecified atom stereocenters. The van der Waals surface area contributed by atoms with Crippen molar-refractivity contribution < 1.29 is 9.21 Å². The summed E-state index contributed by atoms with van der Waals surface area (Å²) in [4.78, 5) is 25.2. The number of hydrogen-bond acceptors (Lipinski definition) is 6.